The summed E-state index contributed by atoms with van der Waals surface area (Å²) >= 11 is 0. The highest BCUT2D eigenvalue weighted by atomic mass is 19.4. The lowest BCUT2D eigenvalue weighted by molar-refractivity contribution is -0.145. The zero-order chi connectivity index (χ0) is 14.3. The van der Waals surface area contributed by atoms with Gasteiger partial charge >= 0.3 is 6.18 Å². The average molecular weight is 283 g/mol. The van der Waals surface area contributed by atoms with Crippen LogP contribution in [0.2, 0.25) is 0 Å². The van der Waals surface area contributed by atoms with Crippen LogP contribution < -0.4 is 11.1 Å². The van der Waals surface area contributed by atoms with Crippen molar-refractivity contribution < 1.29 is 13.2 Å². The lowest BCUT2D eigenvalue weighted by Crippen LogP contribution is -2.24. The van der Waals surface area contributed by atoms with Gasteiger partial charge in [-0.3, -0.25) is 0 Å². The van der Waals surface area contributed by atoms with E-state index in [4.69, 9.17) is 5.73 Å². The predicted octanol–water partition coefficient (Wildman–Crippen LogP) is 2.28. The second-order valence-electron chi connectivity index (χ2n) is 4.60. The molecule has 2 aromatic rings. The van der Waals surface area contributed by atoms with Crippen molar-refractivity contribution in [2.45, 2.75) is 18.6 Å². The maximum absolute atomic E-state index is 12.7. The molecule has 5 nitrogen and oxygen atoms in total. The van der Waals surface area contributed by atoms with Gasteiger partial charge in [-0.15, -0.1) is 5.10 Å². The highest BCUT2D eigenvalue weighted by Crippen LogP contribution is 2.33. The van der Waals surface area contributed by atoms with Gasteiger partial charge in [0.05, 0.1) is 6.04 Å². The molecule has 1 aliphatic rings. The number of nitrogens with zero attached hydrogens (tertiary/aromatic N) is 3. The number of alkyl halides is 3. The number of anilines is 2. The first-order valence-electron chi connectivity index (χ1n) is 6.08. The highest BCUT2D eigenvalue weighted by molar-refractivity contribution is 5.41. The van der Waals surface area contributed by atoms with E-state index in [1.165, 1.54) is 4.68 Å². The van der Waals surface area contributed by atoms with E-state index in [2.05, 4.69) is 15.4 Å². The molecule has 1 unspecified atom stereocenters. The van der Waals surface area contributed by atoms with Crippen LogP contribution >= 0.6 is 0 Å². The molecule has 0 bridgehead atoms. The molecule has 0 radical (unpaired) electrons. The average Bonchev–Trinajstić information content (AvgIpc) is 2.83. The molecule has 2 heterocycles. The fourth-order valence-electron chi connectivity index (χ4n) is 2.25. The normalized spacial score (nSPS) is 18.4. The summed E-state index contributed by atoms with van der Waals surface area (Å²) < 4.78 is 39.3. The number of fused-ring (bicyclic) bond motifs is 1. The first-order chi connectivity index (χ1) is 9.45. The third kappa shape index (κ3) is 2.17. The van der Waals surface area contributed by atoms with Crippen molar-refractivity contribution in [3.63, 3.8) is 0 Å². The van der Waals surface area contributed by atoms with Gasteiger partial charge in [0.2, 0.25) is 5.95 Å². The predicted molar refractivity (Wildman–Crippen MR) is 67.1 cm³/mol. The van der Waals surface area contributed by atoms with Crippen LogP contribution in [0.25, 0.3) is 0 Å². The molecule has 0 saturated heterocycles. The molecule has 0 amide bonds. The Balaban J connectivity index is 2.01. The monoisotopic (exact) mass is 283 g/mol. The van der Waals surface area contributed by atoms with Crippen molar-refractivity contribution >= 4 is 11.6 Å². The second kappa shape index (κ2) is 4.39. The molecule has 3 N–H and O–H groups in total. The molecule has 1 aromatic heterocycles. The minimum Gasteiger partial charge on any atom is -0.399 e. The lowest BCUT2D eigenvalue weighted by atomic mass is 10.0. The van der Waals surface area contributed by atoms with E-state index in [0.717, 1.165) is 5.56 Å². The summed E-state index contributed by atoms with van der Waals surface area (Å²) in [6, 6.07) is 6.76. The number of nitrogens with two attached hydrogens (primary N) is 1. The molecular formula is C12H12F3N5. The highest BCUT2D eigenvalue weighted by Gasteiger charge is 2.38. The van der Waals surface area contributed by atoms with Crippen LogP contribution in [0.4, 0.5) is 24.8 Å². The van der Waals surface area contributed by atoms with Crippen LogP contribution in [0.1, 0.15) is 23.9 Å². The van der Waals surface area contributed by atoms with Gasteiger partial charge in [-0.05, 0) is 24.1 Å². The Morgan fingerprint density at radius 2 is 1.95 bits per heavy atom. The van der Waals surface area contributed by atoms with Crippen LogP contribution in [-0.4, -0.2) is 21.3 Å². The maximum atomic E-state index is 12.7. The summed E-state index contributed by atoms with van der Waals surface area (Å²) in [7, 11) is 0. The number of rotatable bonds is 1. The molecule has 106 valence electrons. The van der Waals surface area contributed by atoms with Crippen molar-refractivity contribution in [1.29, 1.82) is 0 Å². The van der Waals surface area contributed by atoms with Crippen molar-refractivity contribution in [1.82, 2.24) is 14.8 Å². The van der Waals surface area contributed by atoms with E-state index in [9.17, 15) is 13.2 Å². The lowest BCUT2D eigenvalue weighted by Gasteiger charge is -2.24. The van der Waals surface area contributed by atoms with Gasteiger partial charge < -0.3 is 11.1 Å². The van der Waals surface area contributed by atoms with E-state index in [0.29, 0.717) is 18.7 Å². The molecular weight excluding hydrogens is 271 g/mol. The SMILES string of the molecule is Nc1ccc(C2CCNc3nc(C(F)(F)F)nn32)cc1. The Kier molecular flexibility index (Phi) is 2.81. The molecule has 1 aromatic carbocycles. The van der Waals surface area contributed by atoms with Crippen LogP contribution in [0, 0.1) is 0 Å². The minimum atomic E-state index is -4.54. The van der Waals surface area contributed by atoms with Gasteiger partial charge in [0.1, 0.15) is 0 Å². The largest absolute Gasteiger partial charge is 0.453 e. The van der Waals surface area contributed by atoms with Gasteiger partial charge in [0, 0.05) is 12.2 Å². The van der Waals surface area contributed by atoms with Crippen LogP contribution in [0.5, 0.6) is 0 Å². The summed E-state index contributed by atoms with van der Waals surface area (Å²) in [6.07, 6.45) is -3.91. The summed E-state index contributed by atoms with van der Waals surface area (Å²) in [4.78, 5) is 3.51. The van der Waals surface area contributed by atoms with Crippen LogP contribution in [-0.2, 0) is 6.18 Å². The Morgan fingerprint density at radius 3 is 2.60 bits per heavy atom. The quantitative estimate of drug-likeness (QED) is 0.788. The fourth-order valence-corrected chi connectivity index (χ4v) is 2.25. The number of hydrogen-bond donors (Lipinski definition) is 2. The fraction of sp³-hybridized carbons (Fsp3) is 0.333. The van der Waals surface area contributed by atoms with E-state index in [1.54, 1.807) is 24.3 Å². The molecule has 20 heavy (non-hydrogen) atoms. The Labute approximate surface area is 112 Å². The smallest absolute Gasteiger partial charge is 0.399 e. The zero-order valence-corrected chi connectivity index (χ0v) is 10.4. The molecule has 0 saturated carbocycles. The summed E-state index contributed by atoms with van der Waals surface area (Å²) in [5.74, 6) is -0.979. The Bertz CT molecular complexity index is 617. The molecule has 0 fully saturated rings. The first-order valence-corrected chi connectivity index (χ1v) is 6.08. The number of halogens is 3. The van der Waals surface area contributed by atoms with Crippen molar-refractivity contribution in [2.24, 2.45) is 0 Å². The Hall–Kier alpha value is -2.25. The topological polar surface area (TPSA) is 68.8 Å². The summed E-state index contributed by atoms with van der Waals surface area (Å²) in [6.45, 7) is 0.547. The molecule has 1 atom stereocenters. The van der Waals surface area contributed by atoms with Crippen LogP contribution in [0.15, 0.2) is 24.3 Å². The van der Waals surface area contributed by atoms with Crippen LogP contribution in [0.3, 0.4) is 0 Å². The van der Waals surface area contributed by atoms with Gasteiger partial charge in [-0.25, -0.2) is 4.68 Å². The molecule has 0 aliphatic carbocycles. The summed E-state index contributed by atoms with van der Waals surface area (Å²) in [5.41, 5.74) is 7.09. The number of nitrogen functional groups attached to an aromatic ring is 1. The molecule has 0 spiro atoms. The van der Waals surface area contributed by atoms with E-state index in [1.807, 2.05) is 0 Å². The maximum Gasteiger partial charge on any atom is 0.453 e. The van der Waals surface area contributed by atoms with Gasteiger partial charge in [0.25, 0.3) is 5.82 Å². The van der Waals surface area contributed by atoms with E-state index >= 15 is 0 Å². The first kappa shape index (κ1) is 12.8. The summed E-state index contributed by atoms with van der Waals surface area (Å²) in [5, 5.41) is 6.42. The van der Waals surface area contributed by atoms with Crippen molar-refractivity contribution in [2.75, 3.05) is 17.6 Å². The zero-order valence-electron chi connectivity index (χ0n) is 10.4. The number of nitrogens with one attached hydrogen (secondary N) is 1. The molecule has 3 rings (SSSR count). The Morgan fingerprint density at radius 1 is 1.25 bits per heavy atom. The van der Waals surface area contributed by atoms with Gasteiger partial charge in [-0.2, -0.15) is 18.2 Å². The molecule has 1 aliphatic heterocycles. The van der Waals surface area contributed by atoms with Crippen molar-refractivity contribution in [3.8, 4) is 0 Å². The van der Waals surface area contributed by atoms with E-state index in [-0.39, 0.29) is 12.0 Å². The van der Waals surface area contributed by atoms with E-state index < -0.39 is 12.0 Å². The minimum absolute atomic E-state index is 0.144. The third-order valence-corrected chi connectivity index (χ3v) is 3.20. The number of hydrogen-bond acceptors (Lipinski definition) is 4. The third-order valence-electron chi connectivity index (χ3n) is 3.20. The number of aromatic nitrogens is 3. The second-order valence-corrected chi connectivity index (χ2v) is 4.60. The van der Waals surface area contributed by atoms with Gasteiger partial charge in [-0.1, -0.05) is 12.1 Å². The van der Waals surface area contributed by atoms with Gasteiger partial charge in [0.15, 0.2) is 0 Å². The van der Waals surface area contributed by atoms with Crippen molar-refractivity contribution in [3.05, 3.63) is 35.7 Å². The molecule has 8 heteroatoms. The standard InChI is InChI=1S/C12H12F3N5/c13-12(14,15)10-18-11-17-6-5-9(20(11)19-10)7-1-3-8(16)4-2-7/h1-4,9H,5-6,16H2,(H,17,18,19). The number of benzene rings is 1.